The molecule has 1 atom stereocenters. The van der Waals surface area contributed by atoms with Gasteiger partial charge >= 0.3 is 0 Å². The molecule has 2 aliphatic heterocycles. The van der Waals surface area contributed by atoms with Crippen LogP contribution in [0.3, 0.4) is 0 Å². The molecule has 0 saturated carbocycles. The summed E-state index contributed by atoms with van der Waals surface area (Å²) in [6.07, 6.45) is 3.61. The van der Waals surface area contributed by atoms with Crippen LogP contribution in [0.4, 0.5) is 11.6 Å². The second kappa shape index (κ2) is 8.58. The zero-order valence-electron chi connectivity index (χ0n) is 17.1. The molecule has 0 spiro atoms. The molecule has 3 heterocycles. The molecule has 0 aliphatic carbocycles. The molecule has 2 saturated heterocycles. The molecule has 2 aliphatic rings. The van der Waals surface area contributed by atoms with Crippen LogP contribution in [0.5, 0.6) is 0 Å². The van der Waals surface area contributed by atoms with Crippen LogP contribution in [0.25, 0.3) is 0 Å². The van der Waals surface area contributed by atoms with Crippen LogP contribution in [0.2, 0.25) is 0 Å². The van der Waals surface area contributed by atoms with Gasteiger partial charge in [-0.15, -0.1) is 10.2 Å². The maximum atomic E-state index is 13.0. The highest BCUT2D eigenvalue weighted by atomic mass is 32.2. The van der Waals surface area contributed by atoms with Crippen molar-refractivity contribution in [3.05, 3.63) is 42.0 Å². The number of aromatic nitrogens is 2. The van der Waals surface area contributed by atoms with Crippen molar-refractivity contribution in [3.8, 4) is 6.07 Å². The molecule has 30 heavy (non-hydrogen) atoms. The van der Waals surface area contributed by atoms with Gasteiger partial charge in [0.2, 0.25) is 10.0 Å². The Bertz CT molecular complexity index is 1030. The molecule has 9 heteroatoms. The first-order valence-corrected chi connectivity index (χ1v) is 11.8. The molecule has 0 bridgehead atoms. The van der Waals surface area contributed by atoms with E-state index in [-0.39, 0.29) is 10.5 Å². The number of nitrogens with zero attached hydrogens (tertiary/aromatic N) is 6. The number of hydrogen-bond donors (Lipinski definition) is 0. The number of rotatable bonds is 4. The lowest BCUT2D eigenvalue weighted by atomic mass is 10.0. The summed E-state index contributed by atoms with van der Waals surface area (Å²) in [5.74, 6) is 1.66. The monoisotopic (exact) mass is 426 g/mol. The second-order valence-electron chi connectivity index (χ2n) is 7.79. The van der Waals surface area contributed by atoms with Crippen molar-refractivity contribution in [2.45, 2.75) is 37.1 Å². The maximum Gasteiger partial charge on any atom is 0.244 e. The quantitative estimate of drug-likeness (QED) is 0.740. The van der Waals surface area contributed by atoms with Crippen LogP contribution in [-0.2, 0) is 10.0 Å². The zero-order valence-corrected chi connectivity index (χ0v) is 17.9. The van der Waals surface area contributed by atoms with Crippen molar-refractivity contribution in [2.75, 3.05) is 42.5 Å². The van der Waals surface area contributed by atoms with Crippen LogP contribution < -0.4 is 9.80 Å². The van der Waals surface area contributed by atoms with E-state index in [1.807, 2.05) is 18.2 Å². The Morgan fingerprint density at radius 3 is 2.33 bits per heavy atom. The fraction of sp³-hybridized carbons (Fsp3) is 0.476. The van der Waals surface area contributed by atoms with Crippen molar-refractivity contribution in [3.63, 3.8) is 0 Å². The molecule has 0 N–H and O–H groups in total. The Balaban J connectivity index is 1.43. The molecule has 1 unspecified atom stereocenters. The summed E-state index contributed by atoms with van der Waals surface area (Å²) in [5, 5.41) is 18.1. The topological polar surface area (TPSA) is 93.4 Å². The largest absolute Gasteiger partial charge is 0.352 e. The standard InChI is InChI=1S/C21H26N6O2S/c1-17-6-4-5-11-27(17)21-10-9-20(23-24-21)25-12-14-26(15-13-25)30(28,29)19-8-3-2-7-18(19)16-22/h2-3,7-10,17H,4-6,11-15H2,1H3. The van der Waals surface area contributed by atoms with Crippen molar-refractivity contribution < 1.29 is 8.42 Å². The van der Waals surface area contributed by atoms with Crippen LogP contribution in [0.15, 0.2) is 41.3 Å². The molecule has 158 valence electrons. The van der Waals surface area contributed by atoms with E-state index in [2.05, 4.69) is 26.9 Å². The molecule has 4 rings (SSSR count). The van der Waals surface area contributed by atoms with Gasteiger partial charge in [-0.2, -0.15) is 9.57 Å². The van der Waals surface area contributed by atoms with Gasteiger partial charge in [0.05, 0.1) is 10.5 Å². The Morgan fingerprint density at radius 2 is 1.67 bits per heavy atom. The number of piperazine rings is 1. The Labute approximate surface area is 177 Å². The van der Waals surface area contributed by atoms with Crippen LogP contribution >= 0.6 is 0 Å². The first-order chi connectivity index (χ1) is 14.5. The summed E-state index contributed by atoms with van der Waals surface area (Å²) < 4.78 is 27.4. The Hall–Kier alpha value is -2.70. The number of benzene rings is 1. The van der Waals surface area contributed by atoms with Gasteiger partial charge in [-0.3, -0.25) is 0 Å². The van der Waals surface area contributed by atoms with E-state index in [0.717, 1.165) is 18.2 Å². The summed E-state index contributed by atoms with van der Waals surface area (Å²) in [4.78, 5) is 4.43. The van der Waals surface area contributed by atoms with Gasteiger partial charge in [0.25, 0.3) is 0 Å². The summed E-state index contributed by atoms with van der Waals surface area (Å²) in [5.41, 5.74) is 0.174. The van der Waals surface area contributed by atoms with Gasteiger partial charge in [-0.1, -0.05) is 12.1 Å². The lowest BCUT2D eigenvalue weighted by Gasteiger charge is -2.35. The lowest BCUT2D eigenvalue weighted by molar-refractivity contribution is 0.383. The third-order valence-corrected chi connectivity index (χ3v) is 7.88. The summed E-state index contributed by atoms with van der Waals surface area (Å²) in [6, 6.07) is 12.8. The summed E-state index contributed by atoms with van der Waals surface area (Å²) in [7, 11) is -3.70. The Morgan fingerprint density at radius 1 is 0.967 bits per heavy atom. The van der Waals surface area contributed by atoms with E-state index < -0.39 is 10.0 Å². The summed E-state index contributed by atoms with van der Waals surface area (Å²) in [6.45, 7) is 4.97. The van der Waals surface area contributed by atoms with E-state index in [0.29, 0.717) is 32.2 Å². The number of piperidine rings is 1. The third kappa shape index (κ3) is 3.98. The molecule has 1 aromatic heterocycles. The highest BCUT2D eigenvalue weighted by molar-refractivity contribution is 7.89. The molecule has 0 amide bonds. The highest BCUT2D eigenvalue weighted by Crippen LogP contribution is 2.25. The smallest absolute Gasteiger partial charge is 0.244 e. The maximum absolute atomic E-state index is 13.0. The van der Waals surface area contributed by atoms with Gasteiger partial charge in [0, 0.05) is 38.8 Å². The predicted molar refractivity (Wildman–Crippen MR) is 115 cm³/mol. The predicted octanol–water partition coefficient (Wildman–Crippen LogP) is 2.24. The molecular formula is C21H26N6O2S. The van der Waals surface area contributed by atoms with E-state index in [1.165, 1.54) is 35.7 Å². The molecule has 2 fully saturated rings. The Kier molecular flexibility index (Phi) is 5.88. The van der Waals surface area contributed by atoms with Crippen LogP contribution in [0.1, 0.15) is 31.7 Å². The minimum atomic E-state index is -3.70. The number of sulfonamides is 1. The highest BCUT2D eigenvalue weighted by Gasteiger charge is 2.31. The minimum Gasteiger partial charge on any atom is -0.352 e. The van der Waals surface area contributed by atoms with Crippen LogP contribution in [0, 0.1) is 11.3 Å². The van der Waals surface area contributed by atoms with Gasteiger partial charge in [-0.25, -0.2) is 8.42 Å². The van der Waals surface area contributed by atoms with Gasteiger partial charge in [0.15, 0.2) is 11.6 Å². The average Bonchev–Trinajstić information content (AvgIpc) is 2.79. The van der Waals surface area contributed by atoms with Gasteiger partial charge in [0.1, 0.15) is 6.07 Å². The van der Waals surface area contributed by atoms with Crippen molar-refractivity contribution in [1.29, 1.82) is 5.26 Å². The molecule has 2 aromatic rings. The molecule has 0 radical (unpaired) electrons. The van der Waals surface area contributed by atoms with E-state index in [9.17, 15) is 13.7 Å². The fourth-order valence-corrected chi connectivity index (χ4v) is 5.72. The van der Waals surface area contributed by atoms with Gasteiger partial charge < -0.3 is 9.80 Å². The van der Waals surface area contributed by atoms with E-state index in [4.69, 9.17) is 0 Å². The summed E-state index contributed by atoms with van der Waals surface area (Å²) >= 11 is 0. The normalized spacial score (nSPS) is 20.7. The average molecular weight is 427 g/mol. The van der Waals surface area contributed by atoms with Crippen LogP contribution in [-0.4, -0.2) is 61.7 Å². The van der Waals surface area contributed by atoms with E-state index >= 15 is 0 Å². The van der Waals surface area contributed by atoms with Crippen molar-refractivity contribution >= 4 is 21.7 Å². The first-order valence-electron chi connectivity index (χ1n) is 10.4. The zero-order chi connectivity index (χ0) is 21.1. The number of nitriles is 1. The first kappa shape index (κ1) is 20.6. The number of hydrogen-bond acceptors (Lipinski definition) is 7. The van der Waals surface area contributed by atoms with E-state index in [1.54, 1.807) is 12.1 Å². The molecule has 1 aromatic carbocycles. The molecular weight excluding hydrogens is 400 g/mol. The molecule has 8 nitrogen and oxygen atoms in total. The van der Waals surface area contributed by atoms with Crippen molar-refractivity contribution in [1.82, 2.24) is 14.5 Å². The lowest BCUT2D eigenvalue weighted by Crippen LogP contribution is -2.49. The second-order valence-corrected chi connectivity index (χ2v) is 9.69. The van der Waals surface area contributed by atoms with Gasteiger partial charge in [-0.05, 0) is 50.5 Å². The van der Waals surface area contributed by atoms with Crippen molar-refractivity contribution in [2.24, 2.45) is 0 Å². The fourth-order valence-electron chi connectivity index (χ4n) is 4.16. The third-order valence-electron chi connectivity index (χ3n) is 5.92. The minimum absolute atomic E-state index is 0.0701. The SMILES string of the molecule is CC1CCCCN1c1ccc(N2CCN(S(=O)(=O)c3ccccc3C#N)CC2)nn1. The number of anilines is 2.